The average molecular weight is 382 g/mol. The van der Waals surface area contributed by atoms with Crippen molar-refractivity contribution in [2.24, 2.45) is 5.14 Å². The number of hydrogen-bond acceptors (Lipinski definition) is 7. The summed E-state index contributed by atoms with van der Waals surface area (Å²) in [5.41, 5.74) is 0.515. The van der Waals surface area contributed by atoms with Gasteiger partial charge in [0.05, 0.1) is 13.2 Å². The molecule has 3 heterocycles. The fraction of sp³-hybridized carbons (Fsp3) is 0.667. The summed E-state index contributed by atoms with van der Waals surface area (Å²) in [6, 6.07) is 0.995. The number of rotatable bonds is 4. The molecule has 1 fully saturated rings. The highest BCUT2D eigenvalue weighted by molar-refractivity contribution is 7.94. The molecule has 1 saturated heterocycles. The van der Waals surface area contributed by atoms with Gasteiger partial charge < -0.3 is 4.74 Å². The molecule has 2 N–H and O–H groups in total. The molecule has 0 aliphatic carbocycles. The van der Waals surface area contributed by atoms with E-state index in [1.807, 2.05) is 0 Å². The van der Waals surface area contributed by atoms with Gasteiger partial charge in [0.25, 0.3) is 10.0 Å². The summed E-state index contributed by atoms with van der Waals surface area (Å²) >= 11 is 0.729. The number of morpholine rings is 1. The molecule has 130 valence electrons. The molecule has 23 heavy (non-hydrogen) atoms. The molecule has 0 radical (unpaired) electrons. The lowest BCUT2D eigenvalue weighted by Crippen LogP contribution is -2.42. The van der Waals surface area contributed by atoms with Crippen LogP contribution in [0.2, 0.25) is 0 Å². The van der Waals surface area contributed by atoms with E-state index in [1.54, 1.807) is 6.92 Å². The van der Waals surface area contributed by atoms with Crippen LogP contribution in [0.5, 0.6) is 0 Å². The third kappa shape index (κ3) is 3.18. The van der Waals surface area contributed by atoms with Gasteiger partial charge in [0, 0.05) is 37.8 Å². The van der Waals surface area contributed by atoms with Gasteiger partial charge >= 0.3 is 0 Å². The van der Waals surface area contributed by atoms with Crippen LogP contribution in [0.3, 0.4) is 0 Å². The Kier molecular flexibility index (Phi) is 4.55. The number of thiophene rings is 1. The molecule has 0 aromatic carbocycles. The second-order valence-corrected chi connectivity index (χ2v) is 10.5. The first-order valence-electron chi connectivity index (χ1n) is 7.20. The highest BCUT2D eigenvalue weighted by Crippen LogP contribution is 2.44. The van der Waals surface area contributed by atoms with Crippen LogP contribution in [0.25, 0.3) is 0 Å². The quantitative estimate of drug-likeness (QED) is 0.773. The van der Waals surface area contributed by atoms with E-state index in [4.69, 9.17) is 9.88 Å². The molecule has 1 unspecified atom stereocenters. The van der Waals surface area contributed by atoms with E-state index in [-0.39, 0.29) is 14.5 Å². The molecule has 8 nitrogen and oxygen atoms in total. The number of sulfonamides is 2. The van der Waals surface area contributed by atoms with Crippen molar-refractivity contribution in [1.29, 1.82) is 0 Å². The molecule has 2 aliphatic rings. The Balaban J connectivity index is 1.80. The summed E-state index contributed by atoms with van der Waals surface area (Å²) < 4.78 is 54.9. The predicted molar refractivity (Wildman–Crippen MR) is 85.3 cm³/mol. The number of ether oxygens (including phenoxy) is 1. The molecule has 3 rings (SSSR count). The van der Waals surface area contributed by atoms with E-state index in [1.165, 1.54) is 10.4 Å². The first kappa shape index (κ1) is 17.3. The molecule has 11 heteroatoms. The minimum absolute atomic E-state index is 0.0935. The zero-order chi connectivity index (χ0) is 16.8. The zero-order valence-corrected chi connectivity index (χ0v) is 15.1. The Labute approximate surface area is 139 Å². The molecule has 1 aromatic rings. The summed E-state index contributed by atoms with van der Waals surface area (Å²) in [4.78, 5) is 2.16. The van der Waals surface area contributed by atoms with Gasteiger partial charge in [-0.3, -0.25) is 4.90 Å². The van der Waals surface area contributed by atoms with Gasteiger partial charge in [-0.2, -0.15) is 4.31 Å². The average Bonchev–Trinajstić information content (AvgIpc) is 2.99. The van der Waals surface area contributed by atoms with Crippen LogP contribution in [0, 0.1) is 0 Å². The van der Waals surface area contributed by atoms with Crippen molar-refractivity contribution in [2.75, 3.05) is 39.4 Å². The van der Waals surface area contributed by atoms with Gasteiger partial charge in [0.2, 0.25) is 10.0 Å². The largest absolute Gasteiger partial charge is 0.379 e. The summed E-state index contributed by atoms with van der Waals surface area (Å²) in [5, 5.41) is 5.10. The van der Waals surface area contributed by atoms with Crippen LogP contribution in [0.1, 0.15) is 18.5 Å². The van der Waals surface area contributed by atoms with Gasteiger partial charge in [-0.05, 0) is 13.0 Å². The second-order valence-electron chi connectivity index (χ2n) is 5.60. The first-order chi connectivity index (χ1) is 10.7. The predicted octanol–water partition coefficient (Wildman–Crippen LogP) is -0.207. The normalized spacial score (nSPS) is 25.6. The highest BCUT2D eigenvalue weighted by Gasteiger charge is 2.43. The summed E-state index contributed by atoms with van der Waals surface area (Å²) in [6.07, 6.45) is 0. The maximum absolute atomic E-state index is 12.7. The Bertz CT molecular complexity index is 796. The van der Waals surface area contributed by atoms with Crippen LogP contribution < -0.4 is 5.14 Å². The van der Waals surface area contributed by atoms with Crippen LogP contribution in [-0.4, -0.2) is 65.4 Å². The van der Waals surface area contributed by atoms with E-state index in [0.29, 0.717) is 31.9 Å². The first-order valence-corrected chi connectivity index (χ1v) is 11.0. The standard InChI is InChI=1S/C12H19N3O5S3/c1-9-10-8-11(22(13,16)17)21-12(10)23(18,19)15(9)3-2-14-4-6-20-7-5-14/h8-9H,2-7H2,1H3,(H2,13,16,17). The highest BCUT2D eigenvalue weighted by atomic mass is 32.3. The number of fused-ring (bicyclic) bond motifs is 1. The van der Waals surface area contributed by atoms with Crippen molar-refractivity contribution in [3.8, 4) is 0 Å². The molecule has 0 spiro atoms. The van der Waals surface area contributed by atoms with E-state index >= 15 is 0 Å². The SMILES string of the molecule is CC1c2cc(S(N)(=O)=O)sc2S(=O)(=O)N1CCN1CCOCC1. The molecule has 1 aromatic heterocycles. The summed E-state index contributed by atoms with van der Waals surface area (Å²) in [5.74, 6) is 0. The lowest BCUT2D eigenvalue weighted by Gasteiger charge is -2.29. The van der Waals surface area contributed by atoms with Crippen LogP contribution in [-0.2, 0) is 24.8 Å². The van der Waals surface area contributed by atoms with Crippen LogP contribution in [0.15, 0.2) is 14.5 Å². The van der Waals surface area contributed by atoms with Crippen LogP contribution in [0.4, 0.5) is 0 Å². The smallest absolute Gasteiger partial charge is 0.253 e. The molecule has 2 aliphatic heterocycles. The second kappa shape index (κ2) is 6.06. The van der Waals surface area contributed by atoms with Crippen molar-refractivity contribution in [1.82, 2.24) is 9.21 Å². The van der Waals surface area contributed by atoms with E-state index in [9.17, 15) is 16.8 Å². The van der Waals surface area contributed by atoms with Gasteiger partial charge in [0.1, 0.15) is 8.42 Å². The third-order valence-corrected chi connectivity index (χ3v) is 9.22. The fourth-order valence-corrected chi connectivity index (χ4v) is 7.30. The van der Waals surface area contributed by atoms with Crippen molar-refractivity contribution in [2.45, 2.75) is 21.4 Å². The minimum atomic E-state index is -3.89. The number of nitrogens with two attached hydrogens (primary N) is 1. The molecular formula is C12H19N3O5S3. The van der Waals surface area contributed by atoms with Gasteiger partial charge in [-0.15, -0.1) is 11.3 Å². The number of hydrogen-bond donors (Lipinski definition) is 1. The van der Waals surface area contributed by atoms with Crippen molar-refractivity contribution >= 4 is 31.4 Å². The Hall–Kier alpha value is -0.560. The number of nitrogens with zero attached hydrogens (tertiary/aromatic N) is 2. The number of primary sulfonamides is 1. The maximum atomic E-state index is 12.7. The van der Waals surface area contributed by atoms with Crippen molar-refractivity contribution in [3.05, 3.63) is 11.6 Å². The van der Waals surface area contributed by atoms with Gasteiger partial charge in [0.15, 0.2) is 0 Å². The lowest BCUT2D eigenvalue weighted by molar-refractivity contribution is 0.0356. The van der Waals surface area contributed by atoms with Crippen molar-refractivity contribution in [3.63, 3.8) is 0 Å². The monoisotopic (exact) mass is 381 g/mol. The topological polar surface area (TPSA) is 110 Å². The van der Waals surface area contributed by atoms with E-state index in [0.717, 1.165) is 24.4 Å². The fourth-order valence-electron chi connectivity index (χ4n) is 2.85. The maximum Gasteiger partial charge on any atom is 0.253 e. The molecule has 1 atom stereocenters. The molecular weight excluding hydrogens is 362 g/mol. The van der Waals surface area contributed by atoms with Gasteiger partial charge in [-0.25, -0.2) is 22.0 Å². The van der Waals surface area contributed by atoms with E-state index < -0.39 is 20.0 Å². The van der Waals surface area contributed by atoms with Gasteiger partial charge in [-0.1, -0.05) is 0 Å². The minimum Gasteiger partial charge on any atom is -0.379 e. The Morgan fingerprint density at radius 2 is 2.00 bits per heavy atom. The lowest BCUT2D eigenvalue weighted by atomic mass is 10.2. The van der Waals surface area contributed by atoms with E-state index in [2.05, 4.69) is 4.90 Å². The summed E-state index contributed by atoms with van der Waals surface area (Å²) in [6.45, 7) is 5.67. The third-order valence-electron chi connectivity index (χ3n) is 4.15. The summed E-state index contributed by atoms with van der Waals surface area (Å²) in [7, 11) is -7.55. The molecule has 0 saturated carbocycles. The van der Waals surface area contributed by atoms with Crippen LogP contribution >= 0.6 is 11.3 Å². The Morgan fingerprint density at radius 3 is 2.57 bits per heavy atom. The van der Waals surface area contributed by atoms with Crippen molar-refractivity contribution < 1.29 is 21.6 Å². The molecule has 0 amide bonds. The molecule has 0 bridgehead atoms. The Morgan fingerprint density at radius 1 is 1.35 bits per heavy atom. The zero-order valence-electron chi connectivity index (χ0n) is 12.6.